The zero-order valence-corrected chi connectivity index (χ0v) is 12.4. The molecule has 2 aromatic rings. The minimum absolute atomic E-state index is 0.392. The molecule has 0 saturated heterocycles. The second-order valence-electron chi connectivity index (χ2n) is 4.40. The van der Waals surface area contributed by atoms with Gasteiger partial charge in [0.2, 0.25) is 0 Å². The minimum atomic E-state index is -3.58. The summed E-state index contributed by atoms with van der Waals surface area (Å²) in [5.41, 5.74) is 1.94. The van der Waals surface area contributed by atoms with Gasteiger partial charge in [0.15, 0.2) is 0 Å². The monoisotopic (exact) mass is 308 g/mol. The van der Waals surface area contributed by atoms with Crippen LogP contribution in [-0.4, -0.2) is 15.0 Å². The van der Waals surface area contributed by atoms with E-state index >= 15 is 0 Å². The van der Waals surface area contributed by atoms with Crippen LogP contribution in [0.25, 0.3) is 0 Å². The fourth-order valence-corrected chi connectivity index (χ4v) is 4.22. The SMILES string of the molecule is CCN1c2ccccc2N(c2ccc(Cl)cc2)S1(=O)=O. The van der Waals surface area contributed by atoms with Crippen LogP contribution in [0.4, 0.5) is 17.1 Å². The third kappa shape index (κ3) is 1.85. The first-order valence-electron chi connectivity index (χ1n) is 6.23. The Labute approximate surface area is 123 Å². The quantitative estimate of drug-likeness (QED) is 0.851. The molecule has 0 radical (unpaired) electrons. The van der Waals surface area contributed by atoms with Crippen molar-refractivity contribution >= 4 is 38.9 Å². The third-order valence-electron chi connectivity index (χ3n) is 3.23. The number of benzene rings is 2. The molecule has 1 heterocycles. The molecule has 0 fully saturated rings. The average Bonchev–Trinajstić information content (AvgIpc) is 2.66. The number of nitrogens with zero attached hydrogens (tertiary/aromatic N) is 2. The van der Waals surface area contributed by atoms with Gasteiger partial charge >= 0.3 is 10.2 Å². The first-order valence-corrected chi connectivity index (χ1v) is 8.01. The molecule has 0 spiro atoms. The lowest BCUT2D eigenvalue weighted by atomic mass is 10.2. The number of para-hydroxylation sites is 2. The standard InChI is InChI=1S/C14H13ClN2O2S/c1-2-16-13-5-3-4-6-14(13)17(20(16,18)19)12-9-7-11(15)8-10-12/h3-10H,2H2,1H3. The highest BCUT2D eigenvalue weighted by atomic mass is 35.5. The zero-order chi connectivity index (χ0) is 14.3. The highest BCUT2D eigenvalue weighted by Crippen LogP contribution is 2.44. The molecule has 1 aliphatic heterocycles. The summed E-state index contributed by atoms with van der Waals surface area (Å²) in [5, 5.41) is 0.575. The van der Waals surface area contributed by atoms with Crippen molar-refractivity contribution in [1.29, 1.82) is 0 Å². The van der Waals surface area contributed by atoms with E-state index in [1.54, 1.807) is 30.3 Å². The molecular formula is C14H13ClN2O2S. The molecule has 20 heavy (non-hydrogen) atoms. The first-order chi connectivity index (χ1) is 9.55. The van der Waals surface area contributed by atoms with Crippen LogP contribution < -0.4 is 8.61 Å². The molecular weight excluding hydrogens is 296 g/mol. The lowest BCUT2D eigenvalue weighted by Gasteiger charge is -2.20. The van der Waals surface area contributed by atoms with E-state index in [2.05, 4.69) is 0 Å². The van der Waals surface area contributed by atoms with Crippen molar-refractivity contribution < 1.29 is 8.42 Å². The molecule has 0 amide bonds. The van der Waals surface area contributed by atoms with Gasteiger partial charge in [0, 0.05) is 11.6 Å². The van der Waals surface area contributed by atoms with E-state index in [1.165, 1.54) is 8.61 Å². The van der Waals surface area contributed by atoms with E-state index < -0.39 is 10.2 Å². The van der Waals surface area contributed by atoms with Gasteiger partial charge in [-0.2, -0.15) is 8.42 Å². The maximum absolute atomic E-state index is 12.7. The Balaban J connectivity index is 2.22. The lowest BCUT2D eigenvalue weighted by Crippen LogP contribution is -2.35. The molecule has 0 unspecified atom stereocenters. The van der Waals surface area contributed by atoms with Gasteiger partial charge < -0.3 is 0 Å². The molecule has 3 rings (SSSR count). The molecule has 4 nitrogen and oxygen atoms in total. The van der Waals surface area contributed by atoms with Crippen molar-refractivity contribution in [3.63, 3.8) is 0 Å². The predicted molar refractivity (Wildman–Crippen MR) is 82.0 cm³/mol. The molecule has 0 aliphatic carbocycles. The number of hydrogen-bond acceptors (Lipinski definition) is 2. The van der Waals surface area contributed by atoms with Crippen LogP contribution in [0.1, 0.15) is 6.92 Å². The summed E-state index contributed by atoms with van der Waals surface area (Å²) in [4.78, 5) is 0. The first kappa shape index (κ1) is 13.3. The average molecular weight is 309 g/mol. The number of anilines is 3. The van der Waals surface area contributed by atoms with Gasteiger partial charge in [-0.1, -0.05) is 23.7 Å². The van der Waals surface area contributed by atoms with Crippen LogP contribution in [0.3, 0.4) is 0 Å². The Morgan fingerprint density at radius 3 is 2.20 bits per heavy atom. The van der Waals surface area contributed by atoms with E-state index in [0.717, 1.165) is 0 Å². The molecule has 1 aliphatic rings. The Bertz CT molecular complexity index is 744. The van der Waals surface area contributed by atoms with Gasteiger partial charge in [-0.05, 0) is 43.3 Å². The highest BCUT2D eigenvalue weighted by Gasteiger charge is 2.40. The Morgan fingerprint density at radius 1 is 1.00 bits per heavy atom. The third-order valence-corrected chi connectivity index (χ3v) is 5.36. The van der Waals surface area contributed by atoms with Gasteiger partial charge in [-0.3, -0.25) is 4.31 Å². The summed E-state index contributed by atoms with van der Waals surface area (Å²) < 4.78 is 28.1. The summed E-state index contributed by atoms with van der Waals surface area (Å²) >= 11 is 5.87. The van der Waals surface area contributed by atoms with Gasteiger partial charge in [0.25, 0.3) is 0 Å². The van der Waals surface area contributed by atoms with Crippen molar-refractivity contribution in [1.82, 2.24) is 0 Å². The van der Waals surface area contributed by atoms with E-state index in [-0.39, 0.29) is 0 Å². The predicted octanol–water partition coefficient (Wildman–Crippen LogP) is 3.56. The normalized spacial score (nSPS) is 16.3. The fraction of sp³-hybridized carbons (Fsp3) is 0.143. The van der Waals surface area contributed by atoms with Crippen molar-refractivity contribution in [2.45, 2.75) is 6.92 Å². The van der Waals surface area contributed by atoms with E-state index in [1.807, 2.05) is 25.1 Å². The van der Waals surface area contributed by atoms with Gasteiger partial charge in [-0.25, -0.2) is 4.31 Å². The molecule has 0 saturated carbocycles. The maximum Gasteiger partial charge on any atom is 0.330 e. The van der Waals surface area contributed by atoms with Gasteiger partial charge in [-0.15, -0.1) is 0 Å². The Hall–Kier alpha value is -1.72. The van der Waals surface area contributed by atoms with Crippen LogP contribution in [-0.2, 0) is 10.2 Å². The lowest BCUT2D eigenvalue weighted by molar-refractivity contribution is 0.595. The number of hydrogen-bond donors (Lipinski definition) is 0. The highest BCUT2D eigenvalue weighted by molar-refractivity contribution is 7.95. The topological polar surface area (TPSA) is 40.6 Å². The van der Waals surface area contributed by atoms with Gasteiger partial charge in [0.1, 0.15) is 0 Å². The van der Waals surface area contributed by atoms with E-state index in [4.69, 9.17) is 11.6 Å². The van der Waals surface area contributed by atoms with Crippen molar-refractivity contribution in [2.75, 3.05) is 15.2 Å². The second kappa shape index (κ2) is 4.68. The molecule has 0 atom stereocenters. The number of rotatable bonds is 2. The van der Waals surface area contributed by atoms with Crippen molar-refractivity contribution in [3.8, 4) is 0 Å². The van der Waals surface area contributed by atoms with Crippen LogP contribution in [0.5, 0.6) is 0 Å². The fourth-order valence-electron chi connectivity index (χ4n) is 2.38. The molecule has 2 aromatic carbocycles. The summed E-state index contributed by atoms with van der Waals surface area (Å²) in [5.74, 6) is 0. The summed E-state index contributed by atoms with van der Waals surface area (Å²) in [6, 6.07) is 14.1. The smallest absolute Gasteiger partial charge is 0.251 e. The maximum atomic E-state index is 12.7. The van der Waals surface area contributed by atoms with Crippen LogP contribution in [0, 0.1) is 0 Å². The summed E-state index contributed by atoms with van der Waals surface area (Å²) in [7, 11) is -3.58. The molecule has 0 bridgehead atoms. The summed E-state index contributed by atoms with van der Waals surface area (Å²) in [6.45, 7) is 2.21. The summed E-state index contributed by atoms with van der Waals surface area (Å²) in [6.07, 6.45) is 0. The molecule has 104 valence electrons. The Kier molecular flexibility index (Phi) is 3.11. The van der Waals surface area contributed by atoms with Crippen molar-refractivity contribution in [3.05, 3.63) is 53.6 Å². The van der Waals surface area contributed by atoms with Crippen LogP contribution >= 0.6 is 11.6 Å². The molecule has 0 N–H and O–H groups in total. The zero-order valence-electron chi connectivity index (χ0n) is 10.8. The molecule has 0 aromatic heterocycles. The Morgan fingerprint density at radius 2 is 1.60 bits per heavy atom. The largest absolute Gasteiger partial charge is 0.330 e. The van der Waals surface area contributed by atoms with Crippen molar-refractivity contribution in [2.24, 2.45) is 0 Å². The van der Waals surface area contributed by atoms with Crippen LogP contribution in [0.2, 0.25) is 5.02 Å². The number of fused-ring (bicyclic) bond motifs is 1. The number of halogens is 1. The second-order valence-corrected chi connectivity index (χ2v) is 6.54. The minimum Gasteiger partial charge on any atom is -0.251 e. The molecule has 6 heteroatoms. The van der Waals surface area contributed by atoms with E-state index in [0.29, 0.717) is 28.6 Å². The van der Waals surface area contributed by atoms with E-state index in [9.17, 15) is 8.42 Å². The van der Waals surface area contributed by atoms with Crippen LogP contribution in [0.15, 0.2) is 48.5 Å². The van der Waals surface area contributed by atoms with Gasteiger partial charge in [0.05, 0.1) is 17.1 Å².